The number of benzene rings is 2. The lowest BCUT2D eigenvalue weighted by Gasteiger charge is -2.19. The predicted molar refractivity (Wildman–Crippen MR) is 95.3 cm³/mol. The molecule has 1 unspecified atom stereocenters. The van der Waals surface area contributed by atoms with Crippen LogP contribution >= 0.6 is 0 Å². The molecule has 24 heavy (non-hydrogen) atoms. The molecule has 3 aromatic rings. The minimum Gasteiger partial charge on any atom is -0.370 e. The second kappa shape index (κ2) is 6.84. The molecule has 1 fully saturated rings. The predicted octanol–water partition coefficient (Wildman–Crippen LogP) is 2.64. The lowest BCUT2D eigenvalue weighted by atomic mass is 10.1. The normalized spacial score (nSPS) is 17.3. The van der Waals surface area contributed by atoms with E-state index in [-0.39, 0.29) is 0 Å². The van der Waals surface area contributed by atoms with Crippen molar-refractivity contribution in [3.8, 4) is 5.69 Å². The molecule has 5 heteroatoms. The second-order valence-corrected chi connectivity index (χ2v) is 6.12. The zero-order chi connectivity index (χ0) is 16.2. The quantitative estimate of drug-likeness (QED) is 0.785. The van der Waals surface area contributed by atoms with Crippen molar-refractivity contribution in [1.82, 2.24) is 20.1 Å². The Labute approximate surface area is 142 Å². The first-order valence-electron chi connectivity index (χ1n) is 8.36. The SMILES string of the molecule is c1ccc(N2CCC(NCc3ccccc3-n3cncn3)C2)cc1. The van der Waals surface area contributed by atoms with Gasteiger partial charge >= 0.3 is 0 Å². The summed E-state index contributed by atoms with van der Waals surface area (Å²) in [6, 6.07) is 19.5. The molecule has 122 valence electrons. The van der Waals surface area contributed by atoms with E-state index in [0.717, 1.165) is 25.3 Å². The molecular formula is C19H21N5. The molecular weight excluding hydrogens is 298 g/mol. The summed E-state index contributed by atoms with van der Waals surface area (Å²) in [6.07, 6.45) is 4.48. The van der Waals surface area contributed by atoms with Gasteiger partial charge in [-0.1, -0.05) is 36.4 Å². The molecule has 2 heterocycles. The molecule has 4 rings (SSSR count). The molecule has 1 aliphatic heterocycles. The highest BCUT2D eigenvalue weighted by Gasteiger charge is 2.22. The Morgan fingerprint density at radius 1 is 1.04 bits per heavy atom. The van der Waals surface area contributed by atoms with E-state index in [4.69, 9.17) is 0 Å². The van der Waals surface area contributed by atoms with Crippen LogP contribution in [0.1, 0.15) is 12.0 Å². The molecule has 1 N–H and O–H groups in total. The molecule has 1 aliphatic rings. The Hall–Kier alpha value is -2.66. The standard InChI is InChI=1S/C19H21N5/c1-2-7-18(8-3-1)23-11-10-17(13-23)21-12-16-6-4-5-9-19(16)24-15-20-14-22-24/h1-9,14-15,17,21H,10-13H2. The summed E-state index contributed by atoms with van der Waals surface area (Å²) in [4.78, 5) is 6.49. The molecule has 1 aromatic heterocycles. The van der Waals surface area contributed by atoms with Crippen LogP contribution in [-0.4, -0.2) is 33.9 Å². The average Bonchev–Trinajstić information content (AvgIpc) is 3.33. The van der Waals surface area contributed by atoms with Gasteiger partial charge in [0, 0.05) is 31.4 Å². The van der Waals surface area contributed by atoms with Gasteiger partial charge in [-0.25, -0.2) is 9.67 Å². The summed E-state index contributed by atoms with van der Waals surface area (Å²) in [5, 5.41) is 7.94. The third-order valence-electron chi connectivity index (χ3n) is 4.55. The Balaban J connectivity index is 1.40. The number of para-hydroxylation sites is 2. The highest BCUT2D eigenvalue weighted by molar-refractivity contribution is 5.47. The molecule has 0 spiro atoms. The second-order valence-electron chi connectivity index (χ2n) is 6.12. The van der Waals surface area contributed by atoms with Crippen molar-refractivity contribution in [2.75, 3.05) is 18.0 Å². The van der Waals surface area contributed by atoms with Gasteiger partial charge in [-0.15, -0.1) is 0 Å². The van der Waals surface area contributed by atoms with Gasteiger partial charge in [0.15, 0.2) is 0 Å². The third kappa shape index (κ3) is 3.16. The van der Waals surface area contributed by atoms with Crippen LogP contribution in [0.15, 0.2) is 67.3 Å². The number of hydrogen-bond donors (Lipinski definition) is 1. The van der Waals surface area contributed by atoms with Crippen LogP contribution in [0, 0.1) is 0 Å². The summed E-state index contributed by atoms with van der Waals surface area (Å²) >= 11 is 0. The van der Waals surface area contributed by atoms with Crippen LogP contribution in [0.2, 0.25) is 0 Å². The van der Waals surface area contributed by atoms with Crippen LogP contribution in [-0.2, 0) is 6.54 Å². The van der Waals surface area contributed by atoms with Crippen molar-refractivity contribution >= 4 is 5.69 Å². The number of hydrogen-bond acceptors (Lipinski definition) is 4. The molecule has 0 amide bonds. The smallest absolute Gasteiger partial charge is 0.138 e. The van der Waals surface area contributed by atoms with Crippen molar-refractivity contribution in [2.45, 2.75) is 19.0 Å². The highest BCUT2D eigenvalue weighted by Crippen LogP contribution is 2.20. The fourth-order valence-corrected chi connectivity index (χ4v) is 3.27. The van der Waals surface area contributed by atoms with Crippen molar-refractivity contribution < 1.29 is 0 Å². The van der Waals surface area contributed by atoms with E-state index in [0.29, 0.717) is 6.04 Å². The number of aromatic nitrogens is 3. The van der Waals surface area contributed by atoms with Crippen LogP contribution in [0.5, 0.6) is 0 Å². The maximum atomic E-state index is 4.25. The van der Waals surface area contributed by atoms with Crippen molar-refractivity contribution in [3.05, 3.63) is 72.8 Å². The zero-order valence-corrected chi connectivity index (χ0v) is 13.5. The zero-order valence-electron chi connectivity index (χ0n) is 13.5. The van der Waals surface area contributed by atoms with Crippen molar-refractivity contribution in [2.24, 2.45) is 0 Å². The van der Waals surface area contributed by atoms with E-state index >= 15 is 0 Å². The molecule has 0 aliphatic carbocycles. The van der Waals surface area contributed by atoms with Gasteiger partial charge in [0.1, 0.15) is 12.7 Å². The fraction of sp³-hybridized carbons (Fsp3) is 0.263. The summed E-state index contributed by atoms with van der Waals surface area (Å²) in [5.74, 6) is 0. The summed E-state index contributed by atoms with van der Waals surface area (Å²) in [6.45, 7) is 2.99. The third-order valence-corrected chi connectivity index (χ3v) is 4.55. The molecule has 0 radical (unpaired) electrons. The maximum absolute atomic E-state index is 4.25. The Morgan fingerprint density at radius 3 is 2.71 bits per heavy atom. The van der Waals surface area contributed by atoms with Gasteiger partial charge in [-0.3, -0.25) is 0 Å². The minimum atomic E-state index is 0.508. The lowest BCUT2D eigenvalue weighted by molar-refractivity contribution is 0.550. The first-order valence-corrected chi connectivity index (χ1v) is 8.36. The van der Waals surface area contributed by atoms with Crippen LogP contribution in [0.25, 0.3) is 5.69 Å². The minimum absolute atomic E-state index is 0.508. The molecule has 1 atom stereocenters. The van der Waals surface area contributed by atoms with Gasteiger partial charge in [-0.2, -0.15) is 5.10 Å². The largest absolute Gasteiger partial charge is 0.370 e. The van der Waals surface area contributed by atoms with Gasteiger partial charge in [0.25, 0.3) is 0 Å². The topological polar surface area (TPSA) is 46.0 Å². The van der Waals surface area contributed by atoms with Gasteiger partial charge in [-0.05, 0) is 30.2 Å². The Kier molecular flexibility index (Phi) is 4.25. The molecule has 0 bridgehead atoms. The van der Waals surface area contributed by atoms with E-state index in [9.17, 15) is 0 Å². The summed E-state index contributed by atoms with van der Waals surface area (Å²) in [7, 11) is 0. The molecule has 1 saturated heterocycles. The van der Waals surface area contributed by atoms with E-state index in [1.165, 1.54) is 17.7 Å². The lowest BCUT2D eigenvalue weighted by Crippen LogP contribution is -2.32. The van der Waals surface area contributed by atoms with E-state index in [2.05, 4.69) is 68.8 Å². The highest BCUT2D eigenvalue weighted by atomic mass is 15.3. The number of rotatable bonds is 5. The van der Waals surface area contributed by atoms with E-state index in [1.54, 1.807) is 12.7 Å². The number of anilines is 1. The molecule has 2 aromatic carbocycles. The van der Waals surface area contributed by atoms with Crippen LogP contribution in [0.4, 0.5) is 5.69 Å². The van der Waals surface area contributed by atoms with E-state index < -0.39 is 0 Å². The fourth-order valence-electron chi connectivity index (χ4n) is 3.27. The number of nitrogens with one attached hydrogen (secondary N) is 1. The van der Waals surface area contributed by atoms with Gasteiger partial charge in [0.05, 0.1) is 5.69 Å². The van der Waals surface area contributed by atoms with Crippen molar-refractivity contribution in [1.29, 1.82) is 0 Å². The van der Waals surface area contributed by atoms with Crippen molar-refractivity contribution in [3.63, 3.8) is 0 Å². The van der Waals surface area contributed by atoms with E-state index in [1.807, 2.05) is 10.7 Å². The van der Waals surface area contributed by atoms with Crippen LogP contribution < -0.4 is 10.2 Å². The first-order chi connectivity index (χ1) is 11.9. The monoisotopic (exact) mass is 319 g/mol. The van der Waals surface area contributed by atoms with Gasteiger partial charge < -0.3 is 10.2 Å². The molecule has 5 nitrogen and oxygen atoms in total. The average molecular weight is 319 g/mol. The number of nitrogens with zero attached hydrogens (tertiary/aromatic N) is 4. The maximum Gasteiger partial charge on any atom is 0.138 e. The van der Waals surface area contributed by atoms with Gasteiger partial charge in [0.2, 0.25) is 0 Å². The Bertz CT molecular complexity index is 769. The summed E-state index contributed by atoms with van der Waals surface area (Å²) < 4.78 is 1.82. The molecule has 0 saturated carbocycles. The Morgan fingerprint density at radius 2 is 1.88 bits per heavy atom. The van der Waals surface area contributed by atoms with Crippen LogP contribution in [0.3, 0.4) is 0 Å². The first kappa shape index (κ1) is 14.9. The summed E-state index contributed by atoms with van der Waals surface area (Å²) in [5.41, 5.74) is 3.63.